The van der Waals surface area contributed by atoms with Crippen molar-refractivity contribution in [1.82, 2.24) is 4.98 Å². The second-order valence-corrected chi connectivity index (χ2v) is 5.68. The highest BCUT2D eigenvalue weighted by atomic mass is 35.5. The first-order valence-corrected chi connectivity index (χ1v) is 7.00. The van der Waals surface area contributed by atoms with E-state index in [4.69, 9.17) is 11.6 Å². The minimum Gasteiger partial charge on any atom is -0.289 e. The van der Waals surface area contributed by atoms with E-state index < -0.39 is 0 Å². The van der Waals surface area contributed by atoms with Gasteiger partial charge in [0.2, 0.25) is 0 Å². The molecule has 0 aliphatic heterocycles. The fourth-order valence-electron chi connectivity index (χ4n) is 2.00. The number of hydrogen-bond donors (Lipinski definition) is 0. The van der Waals surface area contributed by atoms with Crippen molar-refractivity contribution in [2.24, 2.45) is 0 Å². The molecule has 2 aromatic heterocycles. The SMILES string of the molecule is Cc1c(-c2ccc(Cl)cc2)sc2ncccc2c1=O. The van der Waals surface area contributed by atoms with Gasteiger partial charge in [0.1, 0.15) is 4.83 Å². The van der Waals surface area contributed by atoms with Crippen LogP contribution in [0.1, 0.15) is 5.56 Å². The molecule has 0 atom stereocenters. The van der Waals surface area contributed by atoms with E-state index >= 15 is 0 Å². The lowest BCUT2D eigenvalue weighted by Crippen LogP contribution is -2.06. The van der Waals surface area contributed by atoms with Gasteiger partial charge in [0.15, 0.2) is 5.43 Å². The number of halogens is 1. The zero-order chi connectivity index (χ0) is 13.4. The van der Waals surface area contributed by atoms with Crippen molar-refractivity contribution in [3.05, 3.63) is 63.4 Å². The first-order chi connectivity index (χ1) is 9.16. The summed E-state index contributed by atoms with van der Waals surface area (Å²) in [5.74, 6) is 0. The molecule has 0 N–H and O–H groups in total. The Bertz CT molecular complexity index is 808. The van der Waals surface area contributed by atoms with Gasteiger partial charge in [-0.1, -0.05) is 23.7 Å². The quantitative estimate of drug-likeness (QED) is 0.668. The maximum absolute atomic E-state index is 12.3. The van der Waals surface area contributed by atoms with Crippen molar-refractivity contribution in [1.29, 1.82) is 0 Å². The van der Waals surface area contributed by atoms with Gasteiger partial charge in [-0.05, 0) is 36.8 Å². The molecule has 0 bridgehead atoms. The highest BCUT2D eigenvalue weighted by molar-refractivity contribution is 7.21. The zero-order valence-corrected chi connectivity index (χ0v) is 11.8. The Hall–Kier alpha value is -1.71. The number of nitrogens with zero attached hydrogens (tertiary/aromatic N) is 1. The van der Waals surface area contributed by atoms with Crippen molar-refractivity contribution in [2.75, 3.05) is 0 Å². The molecule has 2 heterocycles. The van der Waals surface area contributed by atoms with E-state index in [1.54, 1.807) is 12.3 Å². The molecule has 94 valence electrons. The monoisotopic (exact) mass is 287 g/mol. The van der Waals surface area contributed by atoms with Gasteiger partial charge in [-0.25, -0.2) is 4.98 Å². The number of pyridine rings is 1. The van der Waals surface area contributed by atoms with Gasteiger partial charge >= 0.3 is 0 Å². The van der Waals surface area contributed by atoms with Crippen LogP contribution in [-0.4, -0.2) is 4.98 Å². The lowest BCUT2D eigenvalue weighted by atomic mass is 10.1. The highest BCUT2D eigenvalue weighted by Gasteiger charge is 2.10. The Morgan fingerprint density at radius 3 is 2.63 bits per heavy atom. The molecule has 0 fully saturated rings. The van der Waals surface area contributed by atoms with E-state index in [1.807, 2.05) is 37.3 Å². The standard InChI is InChI=1S/C15H10ClNOS/c1-9-13(18)12-3-2-8-17-15(12)19-14(9)10-4-6-11(16)7-5-10/h2-8H,1H3. The Morgan fingerprint density at radius 2 is 1.89 bits per heavy atom. The van der Waals surface area contributed by atoms with Crippen molar-refractivity contribution >= 4 is 33.2 Å². The third kappa shape index (κ3) is 2.15. The largest absolute Gasteiger partial charge is 0.289 e. The summed E-state index contributed by atoms with van der Waals surface area (Å²) in [5, 5.41) is 1.37. The molecule has 0 saturated heterocycles. The zero-order valence-electron chi connectivity index (χ0n) is 10.2. The molecule has 3 rings (SSSR count). The number of hydrogen-bond acceptors (Lipinski definition) is 3. The molecule has 0 aliphatic rings. The molecule has 0 unspecified atom stereocenters. The number of benzene rings is 1. The van der Waals surface area contributed by atoms with Gasteiger partial charge in [0.05, 0.1) is 5.39 Å². The molecular weight excluding hydrogens is 278 g/mol. The Kier molecular flexibility index (Phi) is 3.09. The van der Waals surface area contributed by atoms with Crippen LogP contribution in [0, 0.1) is 6.92 Å². The normalized spacial score (nSPS) is 10.8. The molecule has 0 amide bonds. The van der Waals surface area contributed by atoms with Crippen LogP contribution >= 0.6 is 22.9 Å². The molecule has 0 saturated carbocycles. The van der Waals surface area contributed by atoms with E-state index in [1.165, 1.54) is 11.3 Å². The smallest absolute Gasteiger partial charge is 0.193 e. The molecule has 1 aromatic carbocycles. The molecule has 3 aromatic rings. The summed E-state index contributed by atoms with van der Waals surface area (Å²) in [5.41, 5.74) is 1.80. The molecule has 4 heteroatoms. The van der Waals surface area contributed by atoms with Crippen molar-refractivity contribution in [3.8, 4) is 10.4 Å². The van der Waals surface area contributed by atoms with Crippen molar-refractivity contribution in [3.63, 3.8) is 0 Å². The Balaban J connectivity index is 2.33. The van der Waals surface area contributed by atoms with Crippen LogP contribution in [0.15, 0.2) is 47.4 Å². The Labute approximate surface area is 119 Å². The maximum Gasteiger partial charge on any atom is 0.193 e. The van der Waals surface area contributed by atoms with Crippen LogP contribution in [0.2, 0.25) is 5.02 Å². The third-order valence-corrected chi connectivity index (χ3v) is 4.52. The van der Waals surface area contributed by atoms with Crippen molar-refractivity contribution in [2.45, 2.75) is 6.92 Å². The fourth-order valence-corrected chi connectivity index (χ4v) is 3.20. The molecule has 19 heavy (non-hydrogen) atoms. The fraction of sp³-hybridized carbons (Fsp3) is 0.0667. The summed E-state index contributed by atoms with van der Waals surface area (Å²) in [4.78, 5) is 18.3. The third-order valence-electron chi connectivity index (χ3n) is 3.00. The lowest BCUT2D eigenvalue weighted by Gasteiger charge is -2.06. The first kappa shape index (κ1) is 12.3. The number of aromatic nitrogens is 1. The van der Waals surface area contributed by atoms with Crippen LogP contribution in [-0.2, 0) is 0 Å². The topological polar surface area (TPSA) is 30.0 Å². The summed E-state index contributed by atoms with van der Waals surface area (Å²) in [6.07, 6.45) is 1.71. The Morgan fingerprint density at radius 1 is 1.16 bits per heavy atom. The maximum atomic E-state index is 12.3. The van der Waals surface area contributed by atoms with Crippen LogP contribution in [0.4, 0.5) is 0 Å². The van der Waals surface area contributed by atoms with E-state index in [0.29, 0.717) is 10.4 Å². The van der Waals surface area contributed by atoms with Crippen LogP contribution in [0.3, 0.4) is 0 Å². The van der Waals surface area contributed by atoms with Crippen LogP contribution < -0.4 is 5.43 Å². The van der Waals surface area contributed by atoms with Crippen LogP contribution in [0.5, 0.6) is 0 Å². The molecule has 2 nitrogen and oxygen atoms in total. The summed E-state index contributed by atoms with van der Waals surface area (Å²) < 4.78 is 0. The summed E-state index contributed by atoms with van der Waals surface area (Å²) in [7, 11) is 0. The predicted molar refractivity (Wildman–Crippen MR) is 81.1 cm³/mol. The molecule has 0 spiro atoms. The number of rotatable bonds is 1. The lowest BCUT2D eigenvalue weighted by molar-refractivity contribution is 1.41. The summed E-state index contributed by atoms with van der Waals surface area (Å²) in [6.45, 7) is 1.86. The second kappa shape index (κ2) is 4.76. The number of fused-ring (bicyclic) bond motifs is 1. The van der Waals surface area contributed by atoms with Gasteiger partial charge in [-0.15, -0.1) is 11.3 Å². The molecule has 0 aliphatic carbocycles. The molecular formula is C15H10ClNOS. The van der Waals surface area contributed by atoms with Gasteiger partial charge in [0.25, 0.3) is 0 Å². The van der Waals surface area contributed by atoms with Gasteiger partial charge < -0.3 is 0 Å². The average Bonchev–Trinajstić information content (AvgIpc) is 2.44. The van der Waals surface area contributed by atoms with Crippen LogP contribution in [0.25, 0.3) is 20.7 Å². The van der Waals surface area contributed by atoms with Gasteiger partial charge in [-0.2, -0.15) is 0 Å². The summed E-state index contributed by atoms with van der Waals surface area (Å²) >= 11 is 7.43. The predicted octanol–water partition coefficient (Wildman–Crippen LogP) is 4.29. The molecule has 0 radical (unpaired) electrons. The highest BCUT2D eigenvalue weighted by Crippen LogP contribution is 2.30. The van der Waals surface area contributed by atoms with Gasteiger partial charge in [-0.3, -0.25) is 4.79 Å². The first-order valence-electron chi connectivity index (χ1n) is 5.81. The van der Waals surface area contributed by atoms with E-state index in [9.17, 15) is 4.79 Å². The van der Waals surface area contributed by atoms with E-state index in [-0.39, 0.29) is 5.43 Å². The minimum absolute atomic E-state index is 0.0480. The van der Waals surface area contributed by atoms with E-state index in [0.717, 1.165) is 20.8 Å². The minimum atomic E-state index is 0.0480. The average molecular weight is 288 g/mol. The van der Waals surface area contributed by atoms with Gasteiger partial charge in [0, 0.05) is 21.7 Å². The summed E-state index contributed by atoms with van der Waals surface area (Å²) in [6, 6.07) is 11.1. The second-order valence-electron chi connectivity index (χ2n) is 4.25. The van der Waals surface area contributed by atoms with Crippen molar-refractivity contribution < 1.29 is 0 Å². The van der Waals surface area contributed by atoms with E-state index in [2.05, 4.69) is 4.98 Å².